The summed E-state index contributed by atoms with van der Waals surface area (Å²) >= 11 is 1.80. The van der Waals surface area contributed by atoms with E-state index in [0.717, 1.165) is 30.4 Å². The van der Waals surface area contributed by atoms with Gasteiger partial charge in [-0.05, 0) is 48.6 Å². The highest BCUT2D eigenvalue weighted by Crippen LogP contribution is 2.34. The predicted molar refractivity (Wildman–Crippen MR) is 105 cm³/mol. The van der Waals surface area contributed by atoms with Gasteiger partial charge < -0.3 is 4.98 Å². The Bertz CT molecular complexity index is 1120. The number of nitrogens with zero attached hydrogens (tertiary/aromatic N) is 2. The molecule has 1 aliphatic heterocycles. The summed E-state index contributed by atoms with van der Waals surface area (Å²) in [5.74, 6) is 1.83. The summed E-state index contributed by atoms with van der Waals surface area (Å²) in [6, 6.07) is 5.32. The van der Waals surface area contributed by atoms with Crippen molar-refractivity contribution in [3.63, 3.8) is 0 Å². The zero-order valence-electron chi connectivity index (χ0n) is 15.0. The van der Waals surface area contributed by atoms with E-state index in [2.05, 4.69) is 19.7 Å². The van der Waals surface area contributed by atoms with Crippen LogP contribution < -0.4 is 4.72 Å². The molecule has 6 nitrogen and oxygen atoms in total. The Morgan fingerprint density at radius 2 is 1.90 bits per heavy atom. The van der Waals surface area contributed by atoms with E-state index in [1.807, 2.05) is 0 Å². The van der Waals surface area contributed by atoms with Gasteiger partial charge in [-0.25, -0.2) is 18.1 Å². The van der Waals surface area contributed by atoms with Crippen molar-refractivity contribution in [2.24, 2.45) is 0 Å². The van der Waals surface area contributed by atoms with E-state index in [-0.39, 0.29) is 22.0 Å². The first-order valence-electron chi connectivity index (χ1n) is 8.85. The van der Waals surface area contributed by atoms with Crippen LogP contribution in [0.2, 0.25) is 0 Å². The minimum Gasteiger partial charge on any atom is -0.336 e. The van der Waals surface area contributed by atoms with E-state index in [0.29, 0.717) is 11.3 Å². The fraction of sp³-hybridized carbons (Fsp3) is 0.333. The number of pyridine rings is 2. The molecule has 0 amide bonds. The maximum absolute atomic E-state index is 13.0. The average molecular weight is 442 g/mol. The van der Waals surface area contributed by atoms with Gasteiger partial charge in [-0.3, -0.25) is 4.98 Å². The van der Waals surface area contributed by atoms with Crippen molar-refractivity contribution in [1.82, 2.24) is 19.7 Å². The molecule has 2 N–H and O–H groups in total. The SMILES string of the molecule is O=S(=O)(NC1CCSCC1)c1ccc(-c2ccnc3[nH]c(C(F)(F)F)cc23)nc1. The smallest absolute Gasteiger partial charge is 0.336 e. The van der Waals surface area contributed by atoms with Crippen LogP contribution in [0.15, 0.2) is 41.6 Å². The topological polar surface area (TPSA) is 87.7 Å². The molecule has 1 aliphatic rings. The van der Waals surface area contributed by atoms with Crippen molar-refractivity contribution < 1.29 is 21.6 Å². The molecule has 0 bridgehead atoms. The lowest BCUT2D eigenvalue weighted by atomic mass is 10.1. The quantitative estimate of drug-likeness (QED) is 0.642. The third-order valence-electron chi connectivity index (χ3n) is 4.70. The molecule has 1 saturated heterocycles. The van der Waals surface area contributed by atoms with Crippen LogP contribution in [0.3, 0.4) is 0 Å². The van der Waals surface area contributed by atoms with Gasteiger partial charge in [0.05, 0.1) is 5.69 Å². The fourth-order valence-electron chi connectivity index (χ4n) is 3.20. The molecule has 0 radical (unpaired) electrons. The zero-order chi connectivity index (χ0) is 20.6. The number of nitrogens with one attached hydrogen (secondary N) is 2. The normalized spacial score (nSPS) is 16.4. The summed E-state index contributed by atoms with van der Waals surface area (Å²) < 4.78 is 66.8. The van der Waals surface area contributed by atoms with E-state index >= 15 is 0 Å². The third kappa shape index (κ3) is 4.26. The van der Waals surface area contributed by atoms with Crippen molar-refractivity contribution in [3.8, 4) is 11.3 Å². The third-order valence-corrected chi connectivity index (χ3v) is 7.26. The van der Waals surface area contributed by atoms with Crippen LogP contribution in [0.25, 0.3) is 22.3 Å². The first-order chi connectivity index (χ1) is 13.7. The summed E-state index contributed by atoms with van der Waals surface area (Å²) in [4.78, 5) is 10.4. The van der Waals surface area contributed by atoms with E-state index in [9.17, 15) is 21.6 Å². The number of aromatic amines is 1. The molecule has 154 valence electrons. The van der Waals surface area contributed by atoms with E-state index < -0.39 is 21.9 Å². The molecule has 3 aromatic heterocycles. The maximum atomic E-state index is 13.0. The second-order valence-corrected chi connectivity index (χ2v) is 9.63. The molecule has 0 spiro atoms. The van der Waals surface area contributed by atoms with Gasteiger partial charge in [0, 0.05) is 29.4 Å². The van der Waals surface area contributed by atoms with Crippen LogP contribution in [0, 0.1) is 0 Å². The molecule has 0 aliphatic carbocycles. The molecular formula is C18H17F3N4O2S2. The molecule has 0 aromatic carbocycles. The van der Waals surface area contributed by atoms with Gasteiger partial charge in [0.25, 0.3) is 0 Å². The fourth-order valence-corrected chi connectivity index (χ4v) is 5.56. The highest BCUT2D eigenvalue weighted by molar-refractivity contribution is 7.99. The van der Waals surface area contributed by atoms with Crippen molar-refractivity contribution in [2.45, 2.75) is 30.0 Å². The van der Waals surface area contributed by atoms with E-state index in [1.54, 1.807) is 17.8 Å². The van der Waals surface area contributed by atoms with Crippen LogP contribution >= 0.6 is 11.8 Å². The maximum Gasteiger partial charge on any atom is 0.431 e. The van der Waals surface area contributed by atoms with Crippen molar-refractivity contribution in [2.75, 3.05) is 11.5 Å². The zero-order valence-corrected chi connectivity index (χ0v) is 16.7. The number of rotatable bonds is 4. The van der Waals surface area contributed by atoms with Crippen molar-refractivity contribution >= 4 is 32.8 Å². The van der Waals surface area contributed by atoms with Crippen LogP contribution in [-0.4, -0.2) is 40.9 Å². The molecule has 1 fully saturated rings. The van der Waals surface area contributed by atoms with E-state index in [1.165, 1.54) is 24.5 Å². The number of H-pyrrole nitrogens is 1. The summed E-state index contributed by atoms with van der Waals surface area (Å²) in [6.07, 6.45) is -0.367. The number of thioether (sulfide) groups is 1. The number of alkyl halides is 3. The highest BCUT2D eigenvalue weighted by Gasteiger charge is 2.33. The summed E-state index contributed by atoms with van der Waals surface area (Å²) in [5.41, 5.74) is -0.0206. The molecule has 4 heterocycles. The minimum atomic E-state index is -4.52. The molecule has 29 heavy (non-hydrogen) atoms. The number of fused-ring (bicyclic) bond motifs is 1. The van der Waals surface area contributed by atoms with Gasteiger partial charge in [-0.15, -0.1) is 0 Å². The highest BCUT2D eigenvalue weighted by atomic mass is 32.2. The van der Waals surface area contributed by atoms with E-state index in [4.69, 9.17) is 0 Å². The van der Waals surface area contributed by atoms with Gasteiger partial charge in [0.15, 0.2) is 0 Å². The molecule has 0 unspecified atom stereocenters. The van der Waals surface area contributed by atoms with Crippen LogP contribution in [0.1, 0.15) is 18.5 Å². The Kier molecular flexibility index (Phi) is 5.30. The van der Waals surface area contributed by atoms with Gasteiger partial charge in [-0.1, -0.05) is 0 Å². The number of hydrogen-bond acceptors (Lipinski definition) is 5. The average Bonchev–Trinajstić information content (AvgIpc) is 3.13. The number of halogens is 3. The van der Waals surface area contributed by atoms with Crippen molar-refractivity contribution in [1.29, 1.82) is 0 Å². The predicted octanol–water partition coefficient (Wildman–Crippen LogP) is 3.82. The van der Waals surface area contributed by atoms with Crippen LogP contribution in [0.5, 0.6) is 0 Å². The lowest BCUT2D eigenvalue weighted by Crippen LogP contribution is -2.37. The molecule has 4 rings (SSSR count). The number of hydrogen-bond donors (Lipinski definition) is 2. The number of sulfonamides is 1. The molecule has 0 atom stereocenters. The Hall–Kier alpha value is -2.11. The molecular weight excluding hydrogens is 425 g/mol. The largest absolute Gasteiger partial charge is 0.431 e. The first kappa shape index (κ1) is 20.2. The Morgan fingerprint density at radius 1 is 1.14 bits per heavy atom. The second-order valence-electron chi connectivity index (χ2n) is 6.69. The summed E-state index contributed by atoms with van der Waals surface area (Å²) in [5, 5.41) is 0.265. The molecule has 0 saturated carbocycles. The van der Waals surface area contributed by atoms with Crippen LogP contribution in [0.4, 0.5) is 13.2 Å². The van der Waals surface area contributed by atoms with Crippen molar-refractivity contribution in [3.05, 3.63) is 42.4 Å². The van der Waals surface area contributed by atoms with Gasteiger partial charge in [-0.2, -0.15) is 24.9 Å². The van der Waals surface area contributed by atoms with Gasteiger partial charge in [0.2, 0.25) is 10.0 Å². The van der Waals surface area contributed by atoms with Crippen LogP contribution in [-0.2, 0) is 16.2 Å². The van der Waals surface area contributed by atoms with Gasteiger partial charge >= 0.3 is 6.18 Å². The lowest BCUT2D eigenvalue weighted by Gasteiger charge is -2.22. The molecule has 3 aromatic rings. The Labute approximate surface area is 169 Å². The monoisotopic (exact) mass is 442 g/mol. The Balaban J connectivity index is 1.63. The molecule has 11 heteroatoms. The first-order valence-corrected chi connectivity index (χ1v) is 11.5. The number of aromatic nitrogens is 3. The second kappa shape index (κ2) is 7.62. The minimum absolute atomic E-state index is 0.0230. The summed E-state index contributed by atoms with van der Waals surface area (Å²) in [6.45, 7) is 0. The summed E-state index contributed by atoms with van der Waals surface area (Å²) in [7, 11) is -3.71. The van der Waals surface area contributed by atoms with Gasteiger partial charge in [0.1, 0.15) is 16.2 Å². The Morgan fingerprint density at radius 3 is 2.55 bits per heavy atom. The lowest BCUT2D eigenvalue weighted by molar-refractivity contribution is -0.140. The standard InChI is InChI=1S/C18H17F3N4O2S2/c19-18(20,21)16-9-14-13(3-6-22-17(14)24-16)15-2-1-12(10-23-15)29(26,27)25-11-4-7-28-8-5-11/h1-3,6,9-11,25H,4-5,7-8H2,(H,22,24).